The van der Waals surface area contributed by atoms with Crippen molar-refractivity contribution in [1.82, 2.24) is 15.6 Å². The van der Waals surface area contributed by atoms with E-state index in [1.54, 1.807) is 12.3 Å². The first kappa shape index (κ1) is 21.1. The molecule has 0 aliphatic carbocycles. The number of nitrogens with zero attached hydrogens (tertiary/aromatic N) is 2. The number of aromatic amines is 1. The molecule has 0 atom stereocenters. The number of H-pyrrole nitrogens is 1. The second-order valence-electron chi connectivity index (χ2n) is 7.26. The molecular weight excluding hydrogens is 400 g/mol. The fourth-order valence-electron chi connectivity index (χ4n) is 3.14. The number of hydrogen-bond acceptors (Lipinski definition) is 4. The van der Waals surface area contributed by atoms with Crippen molar-refractivity contribution in [3.8, 4) is 17.0 Å². The first-order valence-electron chi connectivity index (χ1n) is 10.5. The third kappa shape index (κ3) is 5.49. The Hall–Kier alpha value is -4.19. The van der Waals surface area contributed by atoms with E-state index in [-0.39, 0.29) is 5.91 Å². The van der Waals surface area contributed by atoms with Gasteiger partial charge in [-0.25, -0.2) is 5.43 Å². The van der Waals surface area contributed by atoms with Gasteiger partial charge in [0.1, 0.15) is 18.1 Å². The van der Waals surface area contributed by atoms with E-state index in [0.29, 0.717) is 18.0 Å². The van der Waals surface area contributed by atoms with Crippen LogP contribution in [0.15, 0.2) is 90.0 Å². The molecule has 0 radical (unpaired) electrons. The van der Waals surface area contributed by atoms with E-state index in [0.717, 1.165) is 28.9 Å². The van der Waals surface area contributed by atoms with Gasteiger partial charge in [-0.3, -0.25) is 9.89 Å². The summed E-state index contributed by atoms with van der Waals surface area (Å²) in [6.07, 6.45) is 2.60. The monoisotopic (exact) mass is 424 g/mol. The van der Waals surface area contributed by atoms with Crippen LogP contribution in [0.4, 0.5) is 0 Å². The van der Waals surface area contributed by atoms with Crippen molar-refractivity contribution in [3.05, 3.63) is 107 Å². The number of ether oxygens (including phenoxy) is 1. The van der Waals surface area contributed by atoms with Gasteiger partial charge in [0.05, 0.1) is 11.9 Å². The van der Waals surface area contributed by atoms with Crippen LogP contribution in [-0.4, -0.2) is 22.3 Å². The molecule has 4 aromatic rings. The lowest BCUT2D eigenvalue weighted by atomic mass is 10.1. The number of rotatable bonds is 8. The molecule has 0 saturated carbocycles. The Balaban J connectivity index is 1.37. The lowest BCUT2D eigenvalue weighted by molar-refractivity contribution is 0.0950. The molecule has 2 N–H and O–H groups in total. The van der Waals surface area contributed by atoms with Gasteiger partial charge in [0.25, 0.3) is 5.91 Å². The van der Waals surface area contributed by atoms with E-state index in [1.807, 2.05) is 78.9 Å². The summed E-state index contributed by atoms with van der Waals surface area (Å²) in [7, 11) is 0. The average Bonchev–Trinajstić information content (AvgIpc) is 3.35. The summed E-state index contributed by atoms with van der Waals surface area (Å²) >= 11 is 0. The van der Waals surface area contributed by atoms with Gasteiger partial charge in [0.2, 0.25) is 0 Å². The number of hydrazone groups is 1. The van der Waals surface area contributed by atoms with Gasteiger partial charge in [-0.05, 0) is 41.3 Å². The second kappa shape index (κ2) is 10.2. The predicted molar refractivity (Wildman–Crippen MR) is 126 cm³/mol. The number of benzene rings is 3. The molecule has 0 bridgehead atoms. The van der Waals surface area contributed by atoms with E-state index in [9.17, 15) is 4.79 Å². The Morgan fingerprint density at radius 1 is 1.00 bits per heavy atom. The van der Waals surface area contributed by atoms with E-state index in [4.69, 9.17) is 4.74 Å². The van der Waals surface area contributed by atoms with Gasteiger partial charge in [0, 0.05) is 5.56 Å². The smallest absolute Gasteiger partial charge is 0.289 e. The van der Waals surface area contributed by atoms with E-state index >= 15 is 0 Å². The fraction of sp³-hybridized carbons (Fsp3) is 0.115. The molecule has 0 saturated heterocycles. The third-order valence-corrected chi connectivity index (χ3v) is 4.97. The van der Waals surface area contributed by atoms with E-state index in [1.165, 1.54) is 5.56 Å². The highest BCUT2D eigenvalue weighted by atomic mass is 16.5. The maximum absolute atomic E-state index is 12.4. The zero-order valence-corrected chi connectivity index (χ0v) is 17.8. The third-order valence-electron chi connectivity index (χ3n) is 4.97. The van der Waals surface area contributed by atoms with Crippen LogP contribution >= 0.6 is 0 Å². The summed E-state index contributed by atoms with van der Waals surface area (Å²) in [4.78, 5) is 12.4. The fourth-order valence-corrected chi connectivity index (χ4v) is 3.14. The maximum Gasteiger partial charge on any atom is 0.289 e. The Morgan fingerprint density at radius 2 is 1.81 bits per heavy atom. The molecule has 6 nitrogen and oxygen atoms in total. The van der Waals surface area contributed by atoms with Gasteiger partial charge in [0.15, 0.2) is 0 Å². The molecule has 0 unspecified atom stereocenters. The number of carbonyl (C=O) groups is 1. The summed E-state index contributed by atoms with van der Waals surface area (Å²) in [5.74, 6) is 0.376. The summed E-state index contributed by atoms with van der Waals surface area (Å²) in [5.41, 5.74) is 7.63. The van der Waals surface area contributed by atoms with Crippen LogP contribution in [-0.2, 0) is 13.0 Å². The normalized spacial score (nSPS) is 10.9. The lowest BCUT2D eigenvalue weighted by Gasteiger charge is -2.07. The highest BCUT2D eigenvalue weighted by Crippen LogP contribution is 2.23. The first-order valence-corrected chi connectivity index (χ1v) is 10.5. The Bertz CT molecular complexity index is 1200. The highest BCUT2D eigenvalue weighted by Gasteiger charge is 2.11. The largest absolute Gasteiger partial charge is 0.489 e. The van der Waals surface area contributed by atoms with Crippen LogP contribution in [0, 0.1) is 0 Å². The summed E-state index contributed by atoms with van der Waals surface area (Å²) in [6.45, 7) is 2.59. The maximum atomic E-state index is 12.4. The first-order chi connectivity index (χ1) is 15.7. The molecule has 0 aliphatic rings. The van der Waals surface area contributed by atoms with Gasteiger partial charge in [-0.15, -0.1) is 0 Å². The number of amides is 1. The molecule has 32 heavy (non-hydrogen) atoms. The molecule has 0 fully saturated rings. The van der Waals surface area contributed by atoms with Crippen LogP contribution in [0.3, 0.4) is 0 Å². The minimum Gasteiger partial charge on any atom is -0.489 e. The molecule has 1 heterocycles. The van der Waals surface area contributed by atoms with E-state index in [2.05, 4.69) is 27.6 Å². The lowest BCUT2D eigenvalue weighted by Crippen LogP contribution is -2.17. The molecular formula is C26H24N4O2. The quantitative estimate of drug-likeness (QED) is 0.309. The molecule has 6 heteroatoms. The van der Waals surface area contributed by atoms with Gasteiger partial charge in [-0.1, -0.05) is 73.7 Å². The average molecular weight is 425 g/mol. The van der Waals surface area contributed by atoms with Crippen molar-refractivity contribution in [2.24, 2.45) is 5.10 Å². The molecule has 1 amide bonds. The van der Waals surface area contributed by atoms with Gasteiger partial charge in [-0.2, -0.15) is 10.2 Å². The van der Waals surface area contributed by atoms with Crippen LogP contribution in [0.2, 0.25) is 0 Å². The Labute approximate surface area is 187 Å². The Kier molecular flexibility index (Phi) is 6.72. The van der Waals surface area contributed by atoms with Crippen LogP contribution in [0.5, 0.6) is 5.75 Å². The molecule has 0 spiro atoms. The predicted octanol–water partition coefficient (Wildman–Crippen LogP) is 4.98. The van der Waals surface area contributed by atoms with Crippen LogP contribution < -0.4 is 10.2 Å². The SMILES string of the molecule is CCc1ccc(/C=N/NC(=O)c2cc(-c3cccc(OCc4ccccc4)c3)n[nH]2)cc1. The summed E-state index contributed by atoms with van der Waals surface area (Å²) < 4.78 is 5.88. The number of carbonyl (C=O) groups excluding carboxylic acids is 1. The van der Waals surface area contributed by atoms with Crippen molar-refractivity contribution in [1.29, 1.82) is 0 Å². The molecule has 0 aliphatic heterocycles. The molecule has 1 aromatic heterocycles. The van der Waals surface area contributed by atoms with Crippen molar-refractivity contribution in [3.63, 3.8) is 0 Å². The van der Waals surface area contributed by atoms with Gasteiger partial charge >= 0.3 is 0 Å². The molecule has 3 aromatic carbocycles. The van der Waals surface area contributed by atoms with E-state index < -0.39 is 0 Å². The number of aryl methyl sites for hydroxylation is 1. The van der Waals surface area contributed by atoms with Crippen molar-refractivity contribution < 1.29 is 9.53 Å². The van der Waals surface area contributed by atoms with Crippen molar-refractivity contribution in [2.45, 2.75) is 20.0 Å². The minimum atomic E-state index is -0.360. The zero-order valence-electron chi connectivity index (χ0n) is 17.8. The summed E-state index contributed by atoms with van der Waals surface area (Å²) in [5, 5.41) is 11.1. The van der Waals surface area contributed by atoms with Crippen molar-refractivity contribution >= 4 is 12.1 Å². The standard InChI is InChI=1S/C26H24N4O2/c1-2-19-11-13-20(14-12-19)17-27-30-26(31)25-16-24(28-29-25)22-9-6-10-23(15-22)32-18-21-7-4-3-5-8-21/h3-17H,2,18H2,1H3,(H,28,29)(H,30,31)/b27-17+. The number of nitrogens with one attached hydrogen (secondary N) is 2. The van der Waals surface area contributed by atoms with Crippen molar-refractivity contribution in [2.75, 3.05) is 0 Å². The Morgan fingerprint density at radius 3 is 2.59 bits per heavy atom. The van der Waals surface area contributed by atoms with Crippen LogP contribution in [0.25, 0.3) is 11.3 Å². The number of aromatic nitrogens is 2. The summed E-state index contributed by atoms with van der Waals surface area (Å²) in [6, 6.07) is 27.3. The van der Waals surface area contributed by atoms with Crippen LogP contribution in [0.1, 0.15) is 34.1 Å². The molecule has 4 rings (SSSR count). The highest BCUT2D eigenvalue weighted by molar-refractivity contribution is 5.94. The second-order valence-corrected chi connectivity index (χ2v) is 7.26. The van der Waals surface area contributed by atoms with Gasteiger partial charge < -0.3 is 4.74 Å². The minimum absolute atomic E-state index is 0.328. The molecule has 160 valence electrons. The zero-order chi connectivity index (χ0) is 22.2. The topological polar surface area (TPSA) is 79.4 Å². The number of hydrogen-bond donors (Lipinski definition) is 2.